The molecule has 2 aromatic carbocycles. The maximum Gasteiger partial charge on any atom is 0.335 e. The van der Waals surface area contributed by atoms with Crippen molar-refractivity contribution in [1.29, 1.82) is 0 Å². The van der Waals surface area contributed by atoms with Crippen LogP contribution in [0.4, 0.5) is 5.69 Å². The van der Waals surface area contributed by atoms with Crippen LogP contribution in [0.1, 0.15) is 21.5 Å². The van der Waals surface area contributed by atoms with Crippen LogP contribution in [0.15, 0.2) is 47.4 Å². The third-order valence-electron chi connectivity index (χ3n) is 3.62. The standard InChI is InChI=1S/C18H13NO4S2/c1-10-2-4-11(5-3-10)8-15-16(21)19(18(24)25-15)12-6-7-13(17(22)23)14(20)9-12/h2-9,20H,1H3,(H,22,23)/p-1/b15-8-. The average Bonchev–Trinajstić information content (AvgIpc) is 2.83. The number of aromatic carboxylic acids is 1. The van der Waals surface area contributed by atoms with Crippen LogP contribution in [-0.4, -0.2) is 21.3 Å². The first-order chi connectivity index (χ1) is 11.9. The van der Waals surface area contributed by atoms with Crippen molar-refractivity contribution in [2.75, 3.05) is 4.90 Å². The largest absolute Gasteiger partial charge is 0.872 e. The van der Waals surface area contributed by atoms with E-state index < -0.39 is 11.7 Å². The Balaban J connectivity index is 1.93. The summed E-state index contributed by atoms with van der Waals surface area (Å²) in [6.45, 7) is 1.98. The fourth-order valence-electron chi connectivity index (χ4n) is 2.33. The van der Waals surface area contributed by atoms with Gasteiger partial charge in [-0.2, -0.15) is 0 Å². The highest BCUT2D eigenvalue weighted by molar-refractivity contribution is 8.27. The molecule has 7 heteroatoms. The number of carboxylic acid groups (broad SMARTS) is 1. The van der Waals surface area contributed by atoms with Gasteiger partial charge in [0.05, 0.1) is 16.2 Å². The van der Waals surface area contributed by atoms with Gasteiger partial charge in [-0.1, -0.05) is 59.6 Å². The van der Waals surface area contributed by atoms with Crippen LogP contribution in [0.2, 0.25) is 0 Å². The van der Waals surface area contributed by atoms with Gasteiger partial charge in [0, 0.05) is 0 Å². The van der Waals surface area contributed by atoms with Crippen LogP contribution in [0.25, 0.3) is 6.08 Å². The van der Waals surface area contributed by atoms with Gasteiger partial charge in [0.2, 0.25) is 0 Å². The number of carbonyl (C=O) groups is 2. The lowest BCUT2D eigenvalue weighted by atomic mass is 10.1. The molecule has 1 fully saturated rings. The molecule has 5 nitrogen and oxygen atoms in total. The molecule has 1 saturated heterocycles. The SMILES string of the molecule is Cc1ccc(/C=C2\SC(=S)N(c3ccc(C(=O)O)c([O-])c3)C2=O)cc1. The smallest absolute Gasteiger partial charge is 0.335 e. The Labute approximate surface area is 153 Å². The minimum atomic E-state index is -1.30. The molecular weight excluding hydrogens is 358 g/mol. The number of hydrogen-bond acceptors (Lipinski definition) is 5. The van der Waals surface area contributed by atoms with Gasteiger partial charge in [-0.15, -0.1) is 0 Å². The number of anilines is 1. The van der Waals surface area contributed by atoms with Gasteiger partial charge in [0.15, 0.2) is 4.32 Å². The Kier molecular flexibility index (Phi) is 4.61. The first kappa shape index (κ1) is 17.2. The Morgan fingerprint density at radius 3 is 2.52 bits per heavy atom. The molecule has 3 rings (SSSR count). The zero-order valence-corrected chi connectivity index (χ0v) is 14.7. The molecule has 0 aliphatic carbocycles. The quantitative estimate of drug-likeness (QED) is 0.660. The van der Waals surface area contributed by atoms with Crippen LogP contribution in [0.5, 0.6) is 5.75 Å². The number of carboxylic acids is 1. The summed E-state index contributed by atoms with van der Waals surface area (Å²) in [5, 5.41) is 20.8. The van der Waals surface area contributed by atoms with Crippen molar-refractivity contribution < 1.29 is 19.8 Å². The van der Waals surface area contributed by atoms with Crippen LogP contribution in [-0.2, 0) is 4.79 Å². The summed E-state index contributed by atoms with van der Waals surface area (Å²) in [5.74, 6) is -2.30. The molecule has 1 amide bonds. The number of nitrogens with zero attached hydrogens (tertiary/aromatic N) is 1. The zero-order valence-electron chi connectivity index (χ0n) is 13.1. The van der Waals surface area contributed by atoms with E-state index in [9.17, 15) is 14.7 Å². The Hall–Kier alpha value is -2.64. The van der Waals surface area contributed by atoms with E-state index in [-0.39, 0.29) is 17.2 Å². The molecule has 2 aromatic rings. The van der Waals surface area contributed by atoms with Crippen molar-refractivity contribution >= 4 is 51.9 Å². The maximum absolute atomic E-state index is 12.6. The molecule has 0 radical (unpaired) electrons. The van der Waals surface area contributed by atoms with Crippen LogP contribution in [0, 0.1) is 6.92 Å². The second-order valence-corrected chi connectivity index (χ2v) is 7.09. The number of aryl methyl sites for hydroxylation is 1. The van der Waals surface area contributed by atoms with Gasteiger partial charge in [0.1, 0.15) is 0 Å². The average molecular weight is 370 g/mol. The number of hydrogen-bond donors (Lipinski definition) is 1. The van der Waals surface area contributed by atoms with Crippen molar-refractivity contribution in [2.45, 2.75) is 6.92 Å². The molecule has 0 spiro atoms. The summed E-state index contributed by atoms with van der Waals surface area (Å²) < 4.78 is 0.297. The van der Waals surface area contributed by atoms with Gasteiger partial charge in [-0.3, -0.25) is 9.69 Å². The summed E-state index contributed by atoms with van der Waals surface area (Å²) in [6, 6.07) is 11.4. The number of thioether (sulfide) groups is 1. The molecule has 1 aliphatic rings. The third kappa shape index (κ3) is 3.42. The van der Waals surface area contributed by atoms with Crippen LogP contribution < -0.4 is 10.0 Å². The van der Waals surface area contributed by atoms with E-state index in [1.54, 1.807) is 6.08 Å². The normalized spacial score (nSPS) is 15.9. The maximum atomic E-state index is 12.6. The Bertz CT molecular complexity index is 919. The zero-order chi connectivity index (χ0) is 18.1. The molecule has 0 saturated carbocycles. The van der Waals surface area contributed by atoms with E-state index in [2.05, 4.69) is 0 Å². The molecule has 126 valence electrons. The topological polar surface area (TPSA) is 80.7 Å². The lowest BCUT2D eigenvalue weighted by Gasteiger charge is -2.18. The van der Waals surface area contributed by atoms with Crippen molar-refractivity contribution in [3.05, 3.63) is 64.1 Å². The summed E-state index contributed by atoms with van der Waals surface area (Å²) in [4.78, 5) is 25.3. The minimum Gasteiger partial charge on any atom is -0.872 e. The van der Waals surface area contributed by atoms with Crippen molar-refractivity contribution in [2.24, 2.45) is 0 Å². The molecular formula is C18H12NO4S2-. The highest BCUT2D eigenvalue weighted by atomic mass is 32.2. The van der Waals surface area contributed by atoms with E-state index in [1.165, 1.54) is 17.0 Å². The molecule has 0 aromatic heterocycles. The summed E-state index contributed by atoms with van der Waals surface area (Å²) in [5.41, 5.74) is 1.91. The first-order valence-corrected chi connectivity index (χ1v) is 8.48. The summed E-state index contributed by atoms with van der Waals surface area (Å²) in [7, 11) is 0. The van der Waals surface area contributed by atoms with Gasteiger partial charge in [0.25, 0.3) is 5.91 Å². The van der Waals surface area contributed by atoms with Crippen molar-refractivity contribution in [1.82, 2.24) is 0 Å². The molecule has 0 bridgehead atoms. The molecule has 0 atom stereocenters. The highest BCUT2D eigenvalue weighted by Crippen LogP contribution is 2.37. The fraction of sp³-hybridized carbons (Fsp3) is 0.0556. The second kappa shape index (κ2) is 6.70. The Morgan fingerprint density at radius 1 is 1.24 bits per heavy atom. The van der Waals surface area contributed by atoms with E-state index in [0.717, 1.165) is 29.0 Å². The minimum absolute atomic E-state index is 0.268. The Morgan fingerprint density at radius 2 is 1.92 bits per heavy atom. The van der Waals surface area contributed by atoms with E-state index in [0.29, 0.717) is 9.23 Å². The highest BCUT2D eigenvalue weighted by Gasteiger charge is 2.33. The first-order valence-electron chi connectivity index (χ1n) is 7.26. The lowest BCUT2D eigenvalue weighted by Crippen LogP contribution is -2.27. The molecule has 0 unspecified atom stereocenters. The van der Waals surface area contributed by atoms with E-state index in [4.69, 9.17) is 17.3 Å². The fourth-order valence-corrected chi connectivity index (χ4v) is 3.63. The van der Waals surface area contributed by atoms with Gasteiger partial charge < -0.3 is 10.2 Å². The predicted molar refractivity (Wildman–Crippen MR) is 99.7 cm³/mol. The number of benzene rings is 2. The van der Waals surface area contributed by atoms with Crippen LogP contribution >= 0.6 is 24.0 Å². The number of carbonyl (C=O) groups excluding carboxylic acids is 1. The molecule has 1 aliphatic heterocycles. The van der Waals surface area contributed by atoms with Gasteiger partial charge in [-0.25, -0.2) is 4.79 Å². The second-order valence-electron chi connectivity index (χ2n) is 5.41. The van der Waals surface area contributed by atoms with E-state index >= 15 is 0 Å². The lowest BCUT2D eigenvalue weighted by molar-refractivity contribution is -0.268. The monoisotopic (exact) mass is 370 g/mol. The number of thiocarbonyl (C=S) groups is 1. The third-order valence-corrected chi connectivity index (χ3v) is 4.92. The summed E-state index contributed by atoms with van der Waals surface area (Å²) in [6.07, 6.45) is 1.74. The number of amides is 1. The van der Waals surface area contributed by atoms with E-state index in [1.807, 2.05) is 31.2 Å². The predicted octanol–water partition coefficient (Wildman–Crippen LogP) is 3.17. The van der Waals surface area contributed by atoms with Crippen molar-refractivity contribution in [3.8, 4) is 5.75 Å². The molecule has 1 N–H and O–H groups in total. The number of rotatable bonds is 3. The van der Waals surface area contributed by atoms with Gasteiger partial charge >= 0.3 is 5.97 Å². The summed E-state index contributed by atoms with van der Waals surface area (Å²) >= 11 is 6.39. The molecule has 25 heavy (non-hydrogen) atoms. The molecule has 1 heterocycles. The van der Waals surface area contributed by atoms with Crippen molar-refractivity contribution in [3.63, 3.8) is 0 Å². The van der Waals surface area contributed by atoms with Gasteiger partial charge in [-0.05, 0) is 36.8 Å². The van der Waals surface area contributed by atoms with Crippen LogP contribution in [0.3, 0.4) is 0 Å².